The highest BCUT2D eigenvalue weighted by atomic mass is 32.2. The van der Waals surface area contributed by atoms with Crippen LogP contribution in [0, 0.1) is 0 Å². The molecule has 0 amide bonds. The lowest BCUT2D eigenvalue weighted by atomic mass is 10.3. The molecule has 0 saturated heterocycles. The Bertz CT molecular complexity index is 646. The van der Waals surface area contributed by atoms with E-state index in [0.29, 0.717) is 16.9 Å². The normalized spacial score (nSPS) is 11.2. The highest BCUT2D eigenvalue weighted by molar-refractivity contribution is 7.98. The predicted octanol–water partition coefficient (Wildman–Crippen LogP) is 3.10. The second-order valence-electron chi connectivity index (χ2n) is 3.88. The number of benzene rings is 1. The Balaban J connectivity index is 1.67. The molecule has 3 aromatic rings. The van der Waals surface area contributed by atoms with Gasteiger partial charge in [-0.25, -0.2) is 4.98 Å². The summed E-state index contributed by atoms with van der Waals surface area (Å²) in [5.74, 6) is 3.02. The molecule has 0 aliphatic heterocycles. The van der Waals surface area contributed by atoms with Gasteiger partial charge in [0.05, 0.1) is 22.5 Å². The number of H-pyrrole nitrogens is 1. The van der Waals surface area contributed by atoms with E-state index < -0.39 is 0 Å². The van der Waals surface area contributed by atoms with Gasteiger partial charge in [0.1, 0.15) is 5.82 Å². The van der Waals surface area contributed by atoms with E-state index in [2.05, 4.69) is 20.2 Å². The number of nitrogens with one attached hydrogen (secondary N) is 1. The number of para-hydroxylation sites is 2. The molecular formula is C12H12N4OS2. The summed E-state index contributed by atoms with van der Waals surface area (Å²) in [4.78, 5) is 7.77. The summed E-state index contributed by atoms with van der Waals surface area (Å²) in [7, 11) is 0. The summed E-state index contributed by atoms with van der Waals surface area (Å²) in [6, 6.07) is 7.97. The van der Waals surface area contributed by atoms with Gasteiger partial charge in [-0.05, 0) is 18.4 Å². The molecule has 0 bridgehead atoms. The van der Waals surface area contributed by atoms with Gasteiger partial charge in [-0.1, -0.05) is 23.9 Å². The quantitative estimate of drug-likeness (QED) is 0.729. The zero-order valence-electron chi connectivity index (χ0n) is 10.3. The SMILES string of the molecule is CSCc1nnc(SCc2nc3ccccc3[nH]2)o1. The van der Waals surface area contributed by atoms with Gasteiger partial charge < -0.3 is 9.40 Å². The van der Waals surface area contributed by atoms with Crippen molar-refractivity contribution >= 4 is 34.6 Å². The summed E-state index contributed by atoms with van der Waals surface area (Å²) in [5, 5.41) is 8.55. The van der Waals surface area contributed by atoms with E-state index in [-0.39, 0.29) is 0 Å². The van der Waals surface area contributed by atoms with Crippen molar-refractivity contribution in [3.8, 4) is 0 Å². The largest absolute Gasteiger partial charge is 0.415 e. The molecule has 3 rings (SSSR count). The van der Waals surface area contributed by atoms with Crippen LogP contribution in [0.2, 0.25) is 0 Å². The van der Waals surface area contributed by atoms with Crippen LogP contribution in [0.25, 0.3) is 11.0 Å². The van der Waals surface area contributed by atoms with Crippen LogP contribution in [0.1, 0.15) is 11.7 Å². The number of aromatic amines is 1. The maximum atomic E-state index is 5.50. The summed E-state index contributed by atoms with van der Waals surface area (Å²) in [5.41, 5.74) is 2.03. The van der Waals surface area contributed by atoms with Crippen molar-refractivity contribution in [2.45, 2.75) is 16.7 Å². The number of hydrogen-bond acceptors (Lipinski definition) is 6. The molecule has 0 aliphatic carbocycles. The van der Waals surface area contributed by atoms with Crippen molar-refractivity contribution in [1.29, 1.82) is 0 Å². The van der Waals surface area contributed by atoms with Crippen LogP contribution in [0.3, 0.4) is 0 Å². The van der Waals surface area contributed by atoms with Gasteiger partial charge >= 0.3 is 0 Å². The topological polar surface area (TPSA) is 67.6 Å². The van der Waals surface area contributed by atoms with Crippen molar-refractivity contribution in [1.82, 2.24) is 20.2 Å². The van der Waals surface area contributed by atoms with Crippen molar-refractivity contribution in [3.05, 3.63) is 36.0 Å². The summed E-state index contributed by atoms with van der Waals surface area (Å²) < 4.78 is 5.50. The minimum absolute atomic E-state index is 0.588. The number of fused-ring (bicyclic) bond motifs is 1. The number of nitrogens with zero attached hydrogens (tertiary/aromatic N) is 3. The van der Waals surface area contributed by atoms with Gasteiger partial charge in [0.2, 0.25) is 5.89 Å². The molecule has 1 aromatic carbocycles. The third-order valence-corrected chi connectivity index (χ3v) is 3.85. The average Bonchev–Trinajstić information content (AvgIpc) is 3.02. The lowest BCUT2D eigenvalue weighted by molar-refractivity contribution is 0.426. The fourth-order valence-electron chi connectivity index (χ4n) is 1.68. The Hall–Kier alpha value is -1.47. The van der Waals surface area contributed by atoms with Crippen molar-refractivity contribution in [3.63, 3.8) is 0 Å². The minimum Gasteiger partial charge on any atom is -0.415 e. The van der Waals surface area contributed by atoms with E-state index in [0.717, 1.165) is 22.6 Å². The highest BCUT2D eigenvalue weighted by Crippen LogP contribution is 2.22. The summed E-state index contributed by atoms with van der Waals surface area (Å²) in [6.07, 6.45) is 2.01. The third kappa shape index (κ3) is 2.93. The van der Waals surface area contributed by atoms with Crippen LogP contribution in [-0.4, -0.2) is 26.4 Å². The molecule has 0 fully saturated rings. The van der Waals surface area contributed by atoms with Gasteiger partial charge in [0, 0.05) is 0 Å². The molecule has 5 nitrogen and oxygen atoms in total. The first-order valence-electron chi connectivity index (χ1n) is 5.73. The molecule has 0 unspecified atom stereocenters. The lowest BCUT2D eigenvalue weighted by Gasteiger charge is -1.91. The van der Waals surface area contributed by atoms with Crippen molar-refractivity contribution in [2.75, 3.05) is 6.26 Å². The molecule has 2 aromatic heterocycles. The molecule has 0 radical (unpaired) electrons. The number of imidazole rings is 1. The van der Waals surface area contributed by atoms with Gasteiger partial charge in [-0.3, -0.25) is 0 Å². The minimum atomic E-state index is 0.588. The predicted molar refractivity (Wildman–Crippen MR) is 77.2 cm³/mol. The van der Waals surface area contributed by atoms with Gasteiger partial charge in [-0.2, -0.15) is 11.8 Å². The number of rotatable bonds is 5. The standard InChI is InChI=1S/C12H12N4OS2/c1-18-7-11-15-16-12(17-11)19-6-10-13-8-4-2-3-5-9(8)14-10/h2-5H,6-7H2,1H3,(H,13,14). The second-order valence-corrected chi connectivity index (χ2v) is 5.68. The molecule has 19 heavy (non-hydrogen) atoms. The summed E-state index contributed by atoms with van der Waals surface area (Å²) in [6.45, 7) is 0. The van der Waals surface area contributed by atoms with Crippen LogP contribution in [0.4, 0.5) is 0 Å². The van der Waals surface area contributed by atoms with E-state index >= 15 is 0 Å². The third-order valence-electron chi connectivity index (χ3n) is 2.49. The molecule has 7 heteroatoms. The molecule has 0 atom stereocenters. The number of aromatic nitrogens is 4. The maximum absolute atomic E-state index is 5.50. The smallest absolute Gasteiger partial charge is 0.277 e. The number of thioether (sulfide) groups is 2. The Morgan fingerprint density at radius 2 is 2.11 bits per heavy atom. The van der Waals surface area contributed by atoms with Crippen LogP contribution < -0.4 is 0 Å². The Labute approximate surface area is 118 Å². The lowest BCUT2D eigenvalue weighted by Crippen LogP contribution is -1.83. The molecule has 0 aliphatic rings. The maximum Gasteiger partial charge on any atom is 0.277 e. The van der Waals surface area contributed by atoms with Crippen molar-refractivity contribution in [2.24, 2.45) is 0 Å². The molecule has 1 N–H and O–H groups in total. The molecule has 2 heterocycles. The van der Waals surface area contributed by atoms with E-state index in [1.54, 1.807) is 11.8 Å². The van der Waals surface area contributed by atoms with Crippen LogP contribution in [0.15, 0.2) is 33.9 Å². The monoisotopic (exact) mass is 292 g/mol. The first-order chi connectivity index (χ1) is 9.35. The van der Waals surface area contributed by atoms with Crippen LogP contribution in [-0.2, 0) is 11.5 Å². The second kappa shape index (κ2) is 5.66. The number of hydrogen-bond donors (Lipinski definition) is 1. The molecular weight excluding hydrogens is 280 g/mol. The van der Waals surface area contributed by atoms with Gasteiger partial charge in [-0.15, -0.1) is 10.2 Å². The average molecular weight is 292 g/mol. The molecule has 0 saturated carbocycles. The van der Waals surface area contributed by atoms with Gasteiger partial charge in [0.15, 0.2) is 0 Å². The first kappa shape index (κ1) is 12.6. The fraction of sp³-hybridized carbons (Fsp3) is 0.250. The first-order valence-corrected chi connectivity index (χ1v) is 8.11. The zero-order chi connectivity index (χ0) is 13.1. The fourth-order valence-corrected chi connectivity index (χ4v) is 2.70. The van der Waals surface area contributed by atoms with Gasteiger partial charge in [0.25, 0.3) is 5.22 Å². The van der Waals surface area contributed by atoms with E-state index in [4.69, 9.17) is 4.42 Å². The van der Waals surface area contributed by atoms with Crippen LogP contribution in [0.5, 0.6) is 0 Å². The van der Waals surface area contributed by atoms with E-state index in [1.807, 2.05) is 30.5 Å². The van der Waals surface area contributed by atoms with Crippen LogP contribution >= 0.6 is 23.5 Å². The molecule has 98 valence electrons. The Morgan fingerprint density at radius 1 is 1.21 bits per heavy atom. The molecule has 0 spiro atoms. The highest BCUT2D eigenvalue weighted by Gasteiger charge is 2.08. The summed E-state index contributed by atoms with van der Waals surface area (Å²) >= 11 is 3.15. The van der Waals surface area contributed by atoms with E-state index in [1.165, 1.54) is 11.8 Å². The van der Waals surface area contributed by atoms with E-state index in [9.17, 15) is 0 Å². The zero-order valence-corrected chi connectivity index (χ0v) is 11.9. The van der Waals surface area contributed by atoms with Crippen molar-refractivity contribution < 1.29 is 4.42 Å². The Morgan fingerprint density at radius 3 is 2.95 bits per heavy atom. The Kier molecular flexibility index (Phi) is 3.74.